The number of benzene rings is 1. The Labute approximate surface area is 129 Å². The van der Waals surface area contributed by atoms with Crippen LogP contribution in [0.1, 0.15) is 31.2 Å². The molecule has 1 fully saturated rings. The van der Waals surface area contributed by atoms with Gasteiger partial charge in [-0.05, 0) is 25.0 Å². The van der Waals surface area contributed by atoms with Crippen LogP contribution < -0.4 is 10.5 Å². The van der Waals surface area contributed by atoms with Crippen LogP contribution in [0.4, 0.5) is 4.39 Å². The molecule has 0 aromatic heterocycles. The maximum atomic E-state index is 13.7. The number of thiocarbonyl (C=S) groups is 1. The summed E-state index contributed by atoms with van der Waals surface area (Å²) in [7, 11) is 0. The number of halogens is 1. The zero-order valence-corrected chi connectivity index (χ0v) is 12.6. The van der Waals surface area contributed by atoms with Gasteiger partial charge in [0.25, 0.3) is 5.91 Å². The first-order valence-corrected chi connectivity index (χ1v) is 7.49. The third-order valence-corrected chi connectivity index (χ3v) is 3.74. The lowest BCUT2D eigenvalue weighted by Gasteiger charge is -2.20. The fourth-order valence-electron chi connectivity index (χ4n) is 2.41. The normalized spacial score (nSPS) is 15.4. The number of amides is 1. The summed E-state index contributed by atoms with van der Waals surface area (Å²) >= 11 is 4.82. The predicted octanol–water partition coefficient (Wildman–Crippen LogP) is 2.24. The Morgan fingerprint density at radius 2 is 1.95 bits per heavy atom. The van der Waals surface area contributed by atoms with E-state index in [2.05, 4.69) is 0 Å². The molecule has 1 saturated heterocycles. The van der Waals surface area contributed by atoms with Crippen LogP contribution in [0.2, 0.25) is 0 Å². The fraction of sp³-hybridized carbons (Fsp3) is 0.467. The number of ether oxygens (including phenoxy) is 1. The predicted molar refractivity (Wildman–Crippen MR) is 82.8 cm³/mol. The van der Waals surface area contributed by atoms with E-state index in [1.807, 2.05) is 0 Å². The van der Waals surface area contributed by atoms with Crippen LogP contribution in [0, 0.1) is 5.82 Å². The van der Waals surface area contributed by atoms with Gasteiger partial charge in [-0.2, -0.15) is 0 Å². The topological polar surface area (TPSA) is 55.6 Å². The van der Waals surface area contributed by atoms with Crippen molar-refractivity contribution in [3.8, 4) is 5.75 Å². The van der Waals surface area contributed by atoms with Crippen LogP contribution >= 0.6 is 12.2 Å². The Bertz CT molecular complexity index is 528. The molecule has 21 heavy (non-hydrogen) atoms. The molecular formula is C15H19FN2O2S. The molecule has 2 rings (SSSR count). The van der Waals surface area contributed by atoms with Crippen molar-refractivity contribution in [2.45, 2.75) is 25.7 Å². The summed E-state index contributed by atoms with van der Waals surface area (Å²) in [4.78, 5) is 13.9. The van der Waals surface area contributed by atoms with E-state index in [-0.39, 0.29) is 28.8 Å². The molecule has 0 spiro atoms. The van der Waals surface area contributed by atoms with Crippen molar-refractivity contribution in [1.29, 1.82) is 0 Å². The lowest BCUT2D eigenvalue weighted by Crippen LogP contribution is -2.35. The lowest BCUT2D eigenvalue weighted by molar-refractivity contribution is -0.133. The van der Waals surface area contributed by atoms with Gasteiger partial charge >= 0.3 is 0 Å². The highest BCUT2D eigenvalue weighted by Crippen LogP contribution is 2.21. The highest BCUT2D eigenvalue weighted by Gasteiger charge is 2.18. The van der Waals surface area contributed by atoms with Gasteiger partial charge in [0.15, 0.2) is 6.61 Å². The van der Waals surface area contributed by atoms with Gasteiger partial charge in [0.2, 0.25) is 0 Å². The SMILES string of the molecule is NC(=S)c1c(F)cccc1OCC(=O)N1CCCCCC1. The number of rotatable bonds is 4. The molecule has 1 aromatic rings. The van der Waals surface area contributed by atoms with Gasteiger partial charge in [-0.25, -0.2) is 4.39 Å². The minimum absolute atomic E-state index is 0.0520. The van der Waals surface area contributed by atoms with E-state index < -0.39 is 5.82 Å². The number of hydrogen-bond donors (Lipinski definition) is 1. The molecule has 4 nitrogen and oxygen atoms in total. The van der Waals surface area contributed by atoms with Crippen LogP contribution in [0.25, 0.3) is 0 Å². The summed E-state index contributed by atoms with van der Waals surface area (Å²) in [5, 5.41) is 0. The van der Waals surface area contributed by atoms with Crippen LogP contribution in [-0.4, -0.2) is 35.5 Å². The molecule has 1 aromatic carbocycles. The van der Waals surface area contributed by atoms with Crippen molar-refractivity contribution in [1.82, 2.24) is 4.90 Å². The quantitative estimate of drug-likeness (QED) is 0.867. The first-order chi connectivity index (χ1) is 10.1. The number of nitrogens with two attached hydrogens (primary N) is 1. The van der Waals surface area contributed by atoms with Gasteiger partial charge in [0, 0.05) is 13.1 Å². The largest absolute Gasteiger partial charge is 0.483 e. The van der Waals surface area contributed by atoms with Crippen LogP contribution in [0.15, 0.2) is 18.2 Å². The monoisotopic (exact) mass is 310 g/mol. The Morgan fingerprint density at radius 1 is 1.29 bits per heavy atom. The van der Waals surface area contributed by atoms with Crippen molar-refractivity contribution >= 4 is 23.1 Å². The van der Waals surface area contributed by atoms with Gasteiger partial charge in [0.05, 0.1) is 5.56 Å². The molecule has 6 heteroatoms. The van der Waals surface area contributed by atoms with E-state index in [0.717, 1.165) is 38.8 Å². The molecule has 0 aliphatic carbocycles. The van der Waals surface area contributed by atoms with E-state index >= 15 is 0 Å². The van der Waals surface area contributed by atoms with Crippen molar-refractivity contribution in [2.24, 2.45) is 5.73 Å². The number of carbonyl (C=O) groups excluding carboxylic acids is 1. The highest BCUT2D eigenvalue weighted by atomic mass is 32.1. The first-order valence-electron chi connectivity index (χ1n) is 7.08. The van der Waals surface area contributed by atoms with E-state index in [9.17, 15) is 9.18 Å². The minimum atomic E-state index is -0.540. The fourth-order valence-corrected chi connectivity index (χ4v) is 2.61. The summed E-state index contributed by atoms with van der Waals surface area (Å²) in [6.07, 6.45) is 4.34. The summed E-state index contributed by atoms with van der Waals surface area (Å²) < 4.78 is 19.1. The van der Waals surface area contributed by atoms with E-state index in [1.54, 1.807) is 11.0 Å². The van der Waals surface area contributed by atoms with Crippen LogP contribution in [-0.2, 0) is 4.79 Å². The molecule has 1 heterocycles. The molecule has 1 aliphatic heterocycles. The molecular weight excluding hydrogens is 291 g/mol. The smallest absolute Gasteiger partial charge is 0.260 e. The van der Waals surface area contributed by atoms with Gasteiger partial charge in [0.1, 0.15) is 16.6 Å². The molecule has 1 aliphatic rings. The summed E-state index contributed by atoms with van der Waals surface area (Å²) in [5.41, 5.74) is 5.55. The summed E-state index contributed by atoms with van der Waals surface area (Å²) in [6, 6.07) is 4.33. The number of nitrogens with zero attached hydrogens (tertiary/aromatic N) is 1. The molecule has 0 unspecified atom stereocenters. The van der Waals surface area contributed by atoms with Crippen molar-refractivity contribution < 1.29 is 13.9 Å². The van der Waals surface area contributed by atoms with Gasteiger partial charge < -0.3 is 15.4 Å². The minimum Gasteiger partial charge on any atom is -0.483 e. The third kappa shape index (κ3) is 4.14. The highest BCUT2D eigenvalue weighted by molar-refractivity contribution is 7.80. The molecule has 0 radical (unpaired) electrons. The Morgan fingerprint density at radius 3 is 2.57 bits per heavy atom. The van der Waals surface area contributed by atoms with Gasteiger partial charge in [-0.1, -0.05) is 31.1 Å². The van der Waals surface area contributed by atoms with Gasteiger partial charge in [-0.15, -0.1) is 0 Å². The molecule has 114 valence electrons. The second-order valence-electron chi connectivity index (χ2n) is 5.06. The number of likely N-dealkylation sites (tertiary alicyclic amines) is 1. The first kappa shape index (κ1) is 15.7. The van der Waals surface area contributed by atoms with Crippen molar-refractivity contribution in [2.75, 3.05) is 19.7 Å². The van der Waals surface area contributed by atoms with E-state index in [1.165, 1.54) is 12.1 Å². The Kier molecular flexibility index (Phi) is 5.50. The van der Waals surface area contributed by atoms with E-state index in [4.69, 9.17) is 22.7 Å². The molecule has 0 bridgehead atoms. The van der Waals surface area contributed by atoms with Crippen molar-refractivity contribution in [3.63, 3.8) is 0 Å². The van der Waals surface area contributed by atoms with E-state index in [0.29, 0.717) is 0 Å². The molecule has 1 amide bonds. The summed E-state index contributed by atoms with van der Waals surface area (Å²) in [6.45, 7) is 1.39. The second-order valence-corrected chi connectivity index (χ2v) is 5.50. The number of hydrogen-bond acceptors (Lipinski definition) is 3. The Hall–Kier alpha value is -1.69. The van der Waals surface area contributed by atoms with Crippen molar-refractivity contribution in [3.05, 3.63) is 29.6 Å². The third-order valence-electron chi connectivity index (χ3n) is 3.53. The molecule has 2 N–H and O–H groups in total. The maximum absolute atomic E-state index is 13.7. The van der Waals surface area contributed by atoms with Gasteiger partial charge in [-0.3, -0.25) is 4.79 Å². The average molecular weight is 310 g/mol. The van der Waals surface area contributed by atoms with Crippen LogP contribution in [0.3, 0.4) is 0 Å². The standard InChI is InChI=1S/C15H19FN2O2S/c16-11-6-5-7-12(14(11)15(17)21)20-10-13(19)18-8-3-1-2-4-9-18/h5-7H,1-4,8-10H2,(H2,17,21). The zero-order valence-electron chi connectivity index (χ0n) is 11.8. The van der Waals surface area contributed by atoms with Crippen LogP contribution in [0.5, 0.6) is 5.75 Å². The molecule has 0 atom stereocenters. The second kappa shape index (κ2) is 7.36. The number of carbonyl (C=O) groups is 1. The Balaban J connectivity index is 2.01. The molecule has 0 saturated carbocycles. The lowest BCUT2D eigenvalue weighted by atomic mass is 10.2. The maximum Gasteiger partial charge on any atom is 0.260 e. The summed E-state index contributed by atoms with van der Waals surface area (Å²) in [5.74, 6) is -0.414. The zero-order chi connectivity index (χ0) is 15.2. The average Bonchev–Trinajstić information content (AvgIpc) is 2.73.